The van der Waals surface area contributed by atoms with Crippen LogP contribution in [0.25, 0.3) is 0 Å². The molecular weight excluding hydrogens is 331 g/mol. The van der Waals surface area contributed by atoms with Crippen LogP contribution in [0.2, 0.25) is 0 Å². The minimum absolute atomic E-state index is 0.00598. The lowest BCUT2D eigenvalue weighted by Gasteiger charge is -2.09. The first-order valence-corrected chi connectivity index (χ1v) is 9.08. The number of nitrogens with one attached hydrogen (secondary N) is 2. The van der Waals surface area contributed by atoms with Gasteiger partial charge in [-0.1, -0.05) is 24.3 Å². The monoisotopic (exact) mass is 348 g/mol. The van der Waals surface area contributed by atoms with Crippen LogP contribution < -0.4 is 10.0 Å². The van der Waals surface area contributed by atoms with E-state index < -0.39 is 21.7 Å². The maximum absolute atomic E-state index is 13.6. The quantitative estimate of drug-likeness (QED) is 0.840. The first-order chi connectivity index (χ1) is 11.5. The highest BCUT2D eigenvalue weighted by Crippen LogP contribution is 2.22. The van der Waals surface area contributed by atoms with Gasteiger partial charge in [-0.2, -0.15) is 0 Å². The smallest absolute Gasteiger partial charge is 0.251 e. The summed E-state index contributed by atoms with van der Waals surface area (Å²) in [5.74, 6) is -0.857. The van der Waals surface area contributed by atoms with E-state index in [1.807, 2.05) is 0 Å². The van der Waals surface area contributed by atoms with Crippen LogP contribution in [0, 0.1) is 5.82 Å². The topological polar surface area (TPSA) is 75.3 Å². The van der Waals surface area contributed by atoms with Crippen molar-refractivity contribution in [3.05, 3.63) is 65.5 Å². The van der Waals surface area contributed by atoms with E-state index in [1.54, 1.807) is 18.2 Å². The molecule has 2 aromatic rings. The van der Waals surface area contributed by atoms with Gasteiger partial charge in [0.2, 0.25) is 10.0 Å². The van der Waals surface area contributed by atoms with Crippen LogP contribution in [0.4, 0.5) is 4.39 Å². The molecule has 2 aromatic carbocycles. The Morgan fingerprint density at radius 2 is 1.88 bits per heavy atom. The minimum atomic E-state index is -3.62. The number of benzene rings is 2. The van der Waals surface area contributed by atoms with Crippen molar-refractivity contribution in [3.63, 3.8) is 0 Å². The molecule has 5 nitrogen and oxygen atoms in total. The van der Waals surface area contributed by atoms with Crippen LogP contribution in [-0.4, -0.2) is 20.4 Å². The summed E-state index contributed by atoms with van der Waals surface area (Å²) in [6, 6.07) is 11.9. The second-order valence-corrected chi connectivity index (χ2v) is 7.41. The van der Waals surface area contributed by atoms with Gasteiger partial charge in [0, 0.05) is 23.7 Å². The fraction of sp³-hybridized carbons (Fsp3) is 0.235. The summed E-state index contributed by atoms with van der Waals surface area (Å²) >= 11 is 0. The minimum Gasteiger partial charge on any atom is -0.348 e. The lowest BCUT2D eigenvalue weighted by Crippen LogP contribution is -2.27. The molecule has 0 aromatic heterocycles. The molecule has 0 radical (unpaired) electrons. The Morgan fingerprint density at radius 3 is 2.58 bits per heavy atom. The molecule has 0 saturated heterocycles. The average molecular weight is 348 g/mol. The van der Waals surface area contributed by atoms with Crippen molar-refractivity contribution in [2.24, 2.45) is 0 Å². The van der Waals surface area contributed by atoms with Gasteiger partial charge in [0.1, 0.15) is 5.82 Å². The molecule has 1 aliphatic rings. The van der Waals surface area contributed by atoms with Crippen LogP contribution >= 0.6 is 0 Å². The zero-order valence-corrected chi connectivity index (χ0v) is 13.6. The molecule has 0 heterocycles. The normalized spacial score (nSPS) is 14.4. The van der Waals surface area contributed by atoms with E-state index in [2.05, 4.69) is 10.0 Å². The van der Waals surface area contributed by atoms with Gasteiger partial charge < -0.3 is 5.32 Å². The molecule has 3 rings (SSSR count). The first kappa shape index (κ1) is 16.6. The van der Waals surface area contributed by atoms with Crippen molar-refractivity contribution in [1.29, 1.82) is 0 Å². The second kappa shape index (κ2) is 6.70. The van der Waals surface area contributed by atoms with E-state index in [4.69, 9.17) is 0 Å². The highest BCUT2D eigenvalue weighted by Gasteiger charge is 2.28. The Labute approximate surface area is 139 Å². The van der Waals surface area contributed by atoms with Gasteiger partial charge in [-0.25, -0.2) is 17.5 Å². The highest BCUT2D eigenvalue weighted by molar-refractivity contribution is 7.89. The molecule has 0 aliphatic heterocycles. The lowest BCUT2D eigenvalue weighted by molar-refractivity contribution is 0.0950. The zero-order chi connectivity index (χ0) is 17.2. The number of amides is 1. The van der Waals surface area contributed by atoms with E-state index in [-0.39, 0.29) is 23.0 Å². The van der Waals surface area contributed by atoms with Gasteiger partial charge in [0.05, 0.1) is 4.90 Å². The number of sulfonamides is 1. The average Bonchev–Trinajstić information content (AvgIpc) is 3.37. The van der Waals surface area contributed by atoms with Gasteiger partial charge >= 0.3 is 0 Å². The Hall–Kier alpha value is -2.25. The van der Waals surface area contributed by atoms with Crippen LogP contribution in [-0.2, 0) is 16.6 Å². The molecule has 1 aliphatic carbocycles. The molecule has 1 fully saturated rings. The summed E-state index contributed by atoms with van der Waals surface area (Å²) in [5.41, 5.74) is 0.579. The molecule has 1 saturated carbocycles. The van der Waals surface area contributed by atoms with Gasteiger partial charge in [0.15, 0.2) is 0 Å². The second-order valence-electron chi connectivity index (χ2n) is 5.70. The number of hydrogen-bond donors (Lipinski definition) is 2. The van der Waals surface area contributed by atoms with Crippen LogP contribution in [0.5, 0.6) is 0 Å². The van der Waals surface area contributed by atoms with Crippen molar-refractivity contribution in [3.8, 4) is 0 Å². The zero-order valence-electron chi connectivity index (χ0n) is 12.8. The van der Waals surface area contributed by atoms with E-state index in [0.29, 0.717) is 5.56 Å². The first-order valence-electron chi connectivity index (χ1n) is 7.60. The van der Waals surface area contributed by atoms with E-state index in [9.17, 15) is 17.6 Å². The summed E-state index contributed by atoms with van der Waals surface area (Å²) < 4.78 is 40.5. The number of carbonyl (C=O) groups is 1. The maximum Gasteiger partial charge on any atom is 0.251 e. The number of hydrogen-bond acceptors (Lipinski definition) is 3. The van der Waals surface area contributed by atoms with E-state index >= 15 is 0 Å². The van der Waals surface area contributed by atoms with Crippen molar-refractivity contribution < 1.29 is 17.6 Å². The largest absolute Gasteiger partial charge is 0.348 e. The fourth-order valence-electron chi connectivity index (χ4n) is 2.21. The van der Waals surface area contributed by atoms with Gasteiger partial charge in [-0.05, 0) is 37.1 Å². The van der Waals surface area contributed by atoms with Gasteiger partial charge in [0.25, 0.3) is 5.91 Å². The fourth-order valence-corrected chi connectivity index (χ4v) is 3.56. The van der Waals surface area contributed by atoms with E-state index in [0.717, 1.165) is 12.8 Å². The summed E-state index contributed by atoms with van der Waals surface area (Å²) in [6.07, 6.45) is 1.67. The number of carbonyl (C=O) groups excluding carboxylic acids is 1. The van der Waals surface area contributed by atoms with Crippen molar-refractivity contribution in [1.82, 2.24) is 10.0 Å². The Kier molecular flexibility index (Phi) is 4.64. The molecule has 126 valence electrons. The Bertz CT molecular complexity index is 864. The van der Waals surface area contributed by atoms with Crippen molar-refractivity contribution in [2.75, 3.05) is 0 Å². The maximum atomic E-state index is 13.6. The Balaban J connectivity index is 1.71. The summed E-state index contributed by atoms with van der Waals surface area (Å²) in [6.45, 7) is 0.0306. The summed E-state index contributed by atoms with van der Waals surface area (Å²) in [4.78, 5) is 12.2. The van der Waals surface area contributed by atoms with Gasteiger partial charge in [-0.15, -0.1) is 0 Å². The standard InChI is InChI=1S/C17H17FN2O3S/c18-16-7-2-1-4-13(16)11-19-17(21)12-5-3-6-15(10-12)24(22,23)20-14-8-9-14/h1-7,10,14,20H,8-9,11H2,(H,19,21). The molecule has 2 N–H and O–H groups in total. The lowest BCUT2D eigenvalue weighted by atomic mass is 10.2. The molecule has 0 unspecified atom stereocenters. The third-order valence-corrected chi connectivity index (χ3v) is 5.22. The predicted octanol–water partition coefficient (Wildman–Crippen LogP) is 2.20. The van der Waals surface area contributed by atoms with Gasteiger partial charge in [-0.3, -0.25) is 4.79 Å². The third-order valence-electron chi connectivity index (χ3n) is 3.70. The number of rotatable bonds is 6. The van der Waals surface area contributed by atoms with Crippen LogP contribution in [0.3, 0.4) is 0 Å². The molecule has 24 heavy (non-hydrogen) atoms. The van der Waals surface area contributed by atoms with Crippen LogP contribution in [0.15, 0.2) is 53.4 Å². The molecule has 0 atom stereocenters. The predicted molar refractivity (Wildman–Crippen MR) is 87.4 cm³/mol. The summed E-state index contributed by atoms with van der Waals surface area (Å²) in [5, 5.41) is 2.59. The van der Waals surface area contributed by atoms with Crippen LogP contribution in [0.1, 0.15) is 28.8 Å². The molecule has 0 bridgehead atoms. The highest BCUT2D eigenvalue weighted by atomic mass is 32.2. The van der Waals surface area contributed by atoms with Crippen molar-refractivity contribution in [2.45, 2.75) is 30.3 Å². The molecule has 7 heteroatoms. The Morgan fingerprint density at radius 1 is 1.12 bits per heavy atom. The number of halogens is 1. The third kappa shape index (κ3) is 3.98. The molecular formula is C17H17FN2O3S. The summed E-state index contributed by atoms with van der Waals surface area (Å²) in [7, 11) is -3.62. The van der Waals surface area contributed by atoms with Crippen molar-refractivity contribution >= 4 is 15.9 Å². The van der Waals surface area contributed by atoms with E-state index in [1.165, 1.54) is 30.3 Å². The molecule has 1 amide bonds. The SMILES string of the molecule is O=C(NCc1ccccc1F)c1cccc(S(=O)(=O)NC2CC2)c1. The molecule has 0 spiro atoms.